The third-order valence-electron chi connectivity index (χ3n) is 6.90. The summed E-state index contributed by atoms with van der Waals surface area (Å²) in [4.78, 5) is 9.22. The molecule has 7 nitrogen and oxygen atoms in total. The van der Waals surface area contributed by atoms with Crippen molar-refractivity contribution in [2.45, 2.75) is 18.9 Å². The van der Waals surface area contributed by atoms with Gasteiger partial charge in [-0.25, -0.2) is 0 Å². The number of hydrogen-bond donors (Lipinski definition) is 0. The van der Waals surface area contributed by atoms with Gasteiger partial charge in [0.1, 0.15) is 24.0 Å². The molecule has 36 heavy (non-hydrogen) atoms. The van der Waals surface area contributed by atoms with E-state index >= 15 is 0 Å². The van der Waals surface area contributed by atoms with Crippen LogP contribution in [0.3, 0.4) is 0 Å². The molecule has 0 amide bonds. The Kier molecular flexibility index (Phi) is 5.95. The predicted molar refractivity (Wildman–Crippen MR) is 144 cm³/mol. The van der Waals surface area contributed by atoms with Crippen molar-refractivity contribution in [1.82, 2.24) is 24.5 Å². The van der Waals surface area contributed by atoms with Gasteiger partial charge < -0.3 is 14.5 Å². The molecule has 0 N–H and O–H groups in total. The Bertz CT molecular complexity index is 1520. The molecular weight excluding hydrogens is 472 g/mol. The number of hydrogen-bond acceptors (Lipinski definition) is 6. The molecule has 8 heteroatoms. The van der Waals surface area contributed by atoms with Crippen LogP contribution in [0, 0.1) is 0 Å². The molecule has 182 valence electrons. The molecule has 1 fully saturated rings. The van der Waals surface area contributed by atoms with Gasteiger partial charge in [0.15, 0.2) is 0 Å². The van der Waals surface area contributed by atoms with E-state index in [1.54, 1.807) is 6.33 Å². The number of piperidine rings is 1. The third-order valence-corrected chi connectivity index (χ3v) is 7.14. The van der Waals surface area contributed by atoms with Crippen LogP contribution < -0.4 is 9.64 Å². The molecular formula is C28H27ClN6O. The lowest BCUT2D eigenvalue weighted by molar-refractivity contribution is 0.114. The van der Waals surface area contributed by atoms with E-state index in [0.29, 0.717) is 16.9 Å². The first-order valence-electron chi connectivity index (χ1n) is 12.1. The van der Waals surface area contributed by atoms with E-state index in [2.05, 4.69) is 75.6 Å². The fraction of sp³-hybridized carbons (Fsp3) is 0.250. The van der Waals surface area contributed by atoms with E-state index in [1.807, 2.05) is 29.6 Å². The van der Waals surface area contributed by atoms with Crippen LogP contribution in [0.5, 0.6) is 5.75 Å². The Morgan fingerprint density at radius 1 is 0.972 bits per heavy atom. The van der Waals surface area contributed by atoms with Crippen LogP contribution in [0.2, 0.25) is 5.02 Å². The second-order valence-electron chi connectivity index (χ2n) is 9.35. The van der Waals surface area contributed by atoms with Crippen LogP contribution >= 0.6 is 11.6 Å². The van der Waals surface area contributed by atoms with Gasteiger partial charge in [-0.15, -0.1) is 10.2 Å². The van der Waals surface area contributed by atoms with Crippen LogP contribution in [-0.4, -0.2) is 57.8 Å². The van der Waals surface area contributed by atoms with E-state index in [4.69, 9.17) is 21.3 Å². The molecule has 0 bridgehead atoms. The van der Waals surface area contributed by atoms with E-state index in [1.165, 1.54) is 0 Å². The molecule has 1 aliphatic heterocycles. The summed E-state index contributed by atoms with van der Waals surface area (Å²) in [5, 5.41) is 9.83. The van der Waals surface area contributed by atoms with E-state index in [-0.39, 0.29) is 0 Å². The van der Waals surface area contributed by atoms with Crippen LogP contribution in [0.15, 0.2) is 73.1 Å². The van der Waals surface area contributed by atoms with Crippen LogP contribution in [-0.2, 0) is 0 Å². The number of halogens is 1. The molecule has 3 heterocycles. The molecule has 0 radical (unpaired) electrons. The summed E-state index contributed by atoms with van der Waals surface area (Å²) in [6.45, 7) is 2.18. The third kappa shape index (κ3) is 4.36. The van der Waals surface area contributed by atoms with Gasteiger partial charge in [0, 0.05) is 36.2 Å². The Morgan fingerprint density at radius 2 is 1.78 bits per heavy atom. The van der Waals surface area contributed by atoms with Crippen LogP contribution in [0.4, 0.5) is 11.5 Å². The van der Waals surface area contributed by atoms with Crippen molar-refractivity contribution < 1.29 is 4.74 Å². The van der Waals surface area contributed by atoms with E-state index < -0.39 is 0 Å². The fourth-order valence-corrected chi connectivity index (χ4v) is 4.98. The van der Waals surface area contributed by atoms with Crippen molar-refractivity contribution in [3.05, 3.63) is 78.1 Å². The van der Waals surface area contributed by atoms with Crippen molar-refractivity contribution in [2.75, 3.05) is 32.1 Å². The molecule has 3 aromatic carbocycles. The molecule has 0 spiro atoms. The second-order valence-corrected chi connectivity index (χ2v) is 9.79. The molecule has 1 saturated heterocycles. The van der Waals surface area contributed by atoms with E-state index in [0.717, 1.165) is 65.2 Å². The first-order chi connectivity index (χ1) is 17.5. The van der Waals surface area contributed by atoms with Gasteiger partial charge in [-0.1, -0.05) is 35.9 Å². The maximum atomic E-state index is 6.30. The maximum Gasteiger partial charge on any atom is 0.257 e. The standard InChI is InChI=1S/C28H27ClN6O/c1-33-14-12-24(13-15-33)36-23-9-6-19(7-10-23)20-4-3-5-22(16-20)34(2)27-25-11-8-21(29)17-26(25)35-18-30-32-28(35)31-27/h3-11,16-18,24H,12-15H2,1-2H3. The second kappa shape index (κ2) is 9.41. The number of fused-ring (bicyclic) bond motifs is 3. The Balaban J connectivity index is 1.28. The Hall–Kier alpha value is -3.68. The Labute approximate surface area is 214 Å². The lowest BCUT2D eigenvalue weighted by Gasteiger charge is -2.29. The minimum Gasteiger partial charge on any atom is -0.490 e. The average molecular weight is 499 g/mol. The number of anilines is 2. The zero-order valence-electron chi connectivity index (χ0n) is 20.3. The summed E-state index contributed by atoms with van der Waals surface area (Å²) in [5.74, 6) is 2.25. The SMILES string of the molecule is CN1CCC(Oc2ccc(-c3cccc(N(C)c4nc5nncn5c5cc(Cl)ccc45)c3)cc2)CC1. The first kappa shape index (κ1) is 22.8. The van der Waals surface area contributed by atoms with Gasteiger partial charge in [0.25, 0.3) is 5.78 Å². The largest absolute Gasteiger partial charge is 0.490 e. The highest BCUT2D eigenvalue weighted by Crippen LogP contribution is 2.33. The number of nitrogens with zero attached hydrogens (tertiary/aromatic N) is 6. The molecule has 6 rings (SSSR count). The number of rotatable bonds is 5. The quantitative estimate of drug-likeness (QED) is 0.303. The molecule has 0 atom stereocenters. The lowest BCUT2D eigenvalue weighted by Crippen LogP contribution is -2.35. The van der Waals surface area contributed by atoms with Crippen LogP contribution in [0.25, 0.3) is 27.8 Å². The smallest absolute Gasteiger partial charge is 0.257 e. The number of ether oxygens (including phenoxy) is 1. The summed E-state index contributed by atoms with van der Waals surface area (Å²) in [6, 6.07) is 22.6. The summed E-state index contributed by atoms with van der Waals surface area (Å²) in [7, 11) is 4.18. The number of likely N-dealkylation sites (tertiary alicyclic amines) is 1. The maximum absolute atomic E-state index is 6.30. The molecule has 1 aliphatic rings. The van der Waals surface area contributed by atoms with Crippen molar-refractivity contribution in [1.29, 1.82) is 0 Å². The zero-order chi connectivity index (χ0) is 24.6. The molecule has 0 aliphatic carbocycles. The zero-order valence-corrected chi connectivity index (χ0v) is 21.1. The predicted octanol–water partition coefficient (Wildman–Crippen LogP) is 5.84. The fourth-order valence-electron chi connectivity index (χ4n) is 4.82. The van der Waals surface area contributed by atoms with Crippen molar-refractivity contribution in [3.63, 3.8) is 0 Å². The lowest BCUT2D eigenvalue weighted by atomic mass is 10.0. The highest BCUT2D eigenvalue weighted by molar-refractivity contribution is 6.31. The topological polar surface area (TPSA) is 58.8 Å². The molecule has 2 aromatic heterocycles. The summed E-state index contributed by atoms with van der Waals surface area (Å²) in [6.07, 6.45) is 4.10. The highest BCUT2D eigenvalue weighted by atomic mass is 35.5. The number of benzene rings is 3. The average Bonchev–Trinajstić information content (AvgIpc) is 3.39. The van der Waals surface area contributed by atoms with Crippen molar-refractivity contribution in [3.8, 4) is 16.9 Å². The van der Waals surface area contributed by atoms with Gasteiger partial charge >= 0.3 is 0 Å². The monoisotopic (exact) mass is 498 g/mol. The van der Waals surface area contributed by atoms with Gasteiger partial charge in [-0.2, -0.15) is 4.98 Å². The van der Waals surface area contributed by atoms with Crippen molar-refractivity contribution >= 4 is 39.8 Å². The molecule has 5 aromatic rings. The number of aromatic nitrogens is 4. The van der Waals surface area contributed by atoms with Crippen LogP contribution in [0.1, 0.15) is 12.8 Å². The normalized spacial score (nSPS) is 15.0. The summed E-state index contributed by atoms with van der Waals surface area (Å²) < 4.78 is 8.08. The summed E-state index contributed by atoms with van der Waals surface area (Å²) >= 11 is 6.30. The van der Waals surface area contributed by atoms with Gasteiger partial charge in [-0.05, 0) is 73.5 Å². The minimum atomic E-state index is 0.295. The van der Waals surface area contributed by atoms with Gasteiger partial charge in [-0.3, -0.25) is 4.40 Å². The highest BCUT2D eigenvalue weighted by Gasteiger charge is 2.18. The molecule has 0 unspecified atom stereocenters. The molecule has 0 saturated carbocycles. The first-order valence-corrected chi connectivity index (χ1v) is 12.5. The minimum absolute atomic E-state index is 0.295. The van der Waals surface area contributed by atoms with E-state index in [9.17, 15) is 0 Å². The Morgan fingerprint density at radius 3 is 2.58 bits per heavy atom. The summed E-state index contributed by atoms with van der Waals surface area (Å²) in [5.41, 5.74) is 4.20. The van der Waals surface area contributed by atoms with Crippen molar-refractivity contribution in [2.24, 2.45) is 0 Å². The van der Waals surface area contributed by atoms with Gasteiger partial charge in [0.05, 0.1) is 5.52 Å². The van der Waals surface area contributed by atoms with Gasteiger partial charge in [0.2, 0.25) is 0 Å².